The quantitative estimate of drug-likeness (QED) is 0.0915. The van der Waals surface area contributed by atoms with Crippen molar-refractivity contribution in [1.82, 2.24) is 0 Å². The Balaban J connectivity index is 3.13. The van der Waals surface area contributed by atoms with E-state index in [2.05, 4.69) is 31.7 Å². The molecule has 0 saturated carbocycles. The van der Waals surface area contributed by atoms with Crippen molar-refractivity contribution in [2.24, 2.45) is 0 Å². The summed E-state index contributed by atoms with van der Waals surface area (Å²) in [6, 6.07) is 0. The molecule has 0 heterocycles. The molecule has 0 rings (SSSR count). The summed E-state index contributed by atoms with van der Waals surface area (Å²) in [4.78, 5) is 11.3. The van der Waals surface area contributed by atoms with Crippen LogP contribution in [0.25, 0.3) is 0 Å². The Labute approximate surface area is 175 Å². The highest BCUT2D eigenvalue weighted by Gasteiger charge is 2.00. The number of esters is 1. The van der Waals surface area contributed by atoms with Gasteiger partial charge in [0.05, 0.1) is 0 Å². The van der Waals surface area contributed by atoms with Crippen LogP contribution in [0, 0.1) is 0 Å². The molecule has 0 aliphatic rings. The molecule has 0 unspecified atom stereocenters. The molecule has 0 aromatic rings. The van der Waals surface area contributed by atoms with Gasteiger partial charge in [0.15, 0.2) is 0 Å². The molecule has 0 aliphatic carbocycles. The molecule has 0 atom stereocenters. The molecule has 0 fully saturated rings. The Kier molecular flexibility index (Phi) is 23.2. The Morgan fingerprint density at radius 2 is 1.15 bits per heavy atom. The Bertz CT molecular complexity index is 328. The third-order valence-electron chi connectivity index (χ3n) is 5.00. The van der Waals surface area contributed by atoms with E-state index in [4.69, 9.17) is 4.74 Å². The fourth-order valence-corrected chi connectivity index (χ4v) is 3.37. The fraction of sp³-hybridized carbons (Fsp3) is 0.875. The van der Waals surface area contributed by atoms with Crippen molar-refractivity contribution in [2.45, 2.75) is 122 Å². The Morgan fingerprint density at radius 3 is 1.63 bits per heavy atom. The maximum absolute atomic E-state index is 11.3. The topological polar surface area (TPSA) is 26.3 Å². The lowest BCUT2D eigenvalue weighted by molar-refractivity contribution is -0.143. The lowest BCUT2D eigenvalue weighted by Gasteiger charge is -2.02. The number of hydrogen-bond donors (Lipinski definition) is 1. The van der Waals surface area contributed by atoms with E-state index in [-0.39, 0.29) is 5.97 Å². The summed E-state index contributed by atoms with van der Waals surface area (Å²) in [5.74, 6) is 0.522. The lowest BCUT2D eigenvalue weighted by atomic mass is 10.0. The van der Waals surface area contributed by atoms with Crippen molar-refractivity contribution in [1.29, 1.82) is 0 Å². The first-order chi connectivity index (χ1) is 13.3. The van der Waals surface area contributed by atoms with E-state index >= 15 is 0 Å². The van der Waals surface area contributed by atoms with Gasteiger partial charge in [0.25, 0.3) is 0 Å². The lowest BCUT2D eigenvalue weighted by Crippen LogP contribution is -2.06. The van der Waals surface area contributed by atoms with E-state index in [1.54, 1.807) is 0 Å². The number of carbonyl (C=O) groups excluding carboxylic acids is 1. The molecule has 0 bridgehead atoms. The van der Waals surface area contributed by atoms with E-state index < -0.39 is 0 Å². The summed E-state index contributed by atoms with van der Waals surface area (Å²) in [6.07, 6.45) is 27.8. The largest absolute Gasteiger partial charge is 0.465 e. The molecule has 0 spiro atoms. The van der Waals surface area contributed by atoms with Crippen LogP contribution >= 0.6 is 12.6 Å². The van der Waals surface area contributed by atoms with Gasteiger partial charge in [0.2, 0.25) is 0 Å². The van der Waals surface area contributed by atoms with Gasteiger partial charge < -0.3 is 4.74 Å². The first kappa shape index (κ1) is 26.6. The number of thiol groups is 1. The Morgan fingerprint density at radius 1 is 0.704 bits per heavy atom. The maximum atomic E-state index is 11.3. The zero-order valence-corrected chi connectivity index (χ0v) is 19.0. The molecule has 160 valence electrons. The van der Waals surface area contributed by atoms with Gasteiger partial charge in [-0.3, -0.25) is 4.79 Å². The van der Waals surface area contributed by atoms with E-state index in [0.717, 1.165) is 19.3 Å². The van der Waals surface area contributed by atoms with Gasteiger partial charge in [0.1, 0.15) is 6.61 Å². The number of rotatable bonds is 21. The van der Waals surface area contributed by atoms with Gasteiger partial charge in [-0.25, -0.2) is 0 Å². The van der Waals surface area contributed by atoms with Gasteiger partial charge >= 0.3 is 5.97 Å². The summed E-state index contributed by atoms with van der Waals surface area (Å²) < 4.78 is 4.99. The van der Waals surface area contributed by atoms with Gasteiger partial charge in [0, 0.05) is 12.2 Å². The first-order valence-corrected chi connectivity index (χ1v) is 12.4. The smallest absolute Gasteiger partial charge is 0.305 e. The molecule has 0 aromatic carbocycles. The third-order valence-corrected chi connectivity index (χ3v) is 5.18. The molecule has 2 nitrogen and oxygen atoms in total. The molecular weight excluding hydrogens is 352 g/mol. The fourth-order valence-electron chi connectivity index (χ4n) is 3.28. The number of allylic oxidation sites excluding steroid dienone is 2. The van der Waals surface area contributed by atoms with Crippen molar-refractivity contribution in [3.8, 4) is 0 Å². The number of hydrogen-bond acceptors (Lipinski definition) is 3. The van der Waals surface area contributed by atoms with Crippen molar-refractivity contribution in [2.75, 3.05) is 12.4 Å². The van der Waals surface area contributed by atoms with Crippen LogP contribution in [0.15, 0.2) is 12.2 Å². The predicted octanol–water partition coefficient (Wildman–Crippen LogP) is 8.06. The van der Waals surface area contributed by atoms with Crippen LogP contribution in [-0.4, -0.2) is 18.3 Å². The first-order valence-electron chi connectivity index (χ1n) is 11.7. The maximum Gasteiger partial charge on any atom is 0.305 e. The summed E-state index contributed by atoms with van der Waals surface area (Å²) in [5, 5.41) is 0. The summed E-state index contributed by atoms with van der Waals surface area (Å²) in [7, 11) is 0. The van der Waals surface area contributed by atoms with Gasteiger partial charge in [-0.15, -0.1) is 0 Å². The van der Waals surface area contributed by atoms with Gasteiger partial charge in [-0.1, -0.05) is 96.1 Å². The molecule has 3 heteroatoms. The van der Waals surface area contributed by atoms with Gasteiger partial charge in [-0.2, -0.15) is 12.6 Å². The highest BCUT2D eigenvalue weighted by molar-refractivity contribution is 7.80. The molecule has 0 saturated heterocycles. The average Bonchev–Trinajstić information content (AvgIpc) is 2.68. The Hall–Kier alpha value is -0.440. The second kappa shape index (κ2) is 23.6. The highest BCUT2D eigenvalue weighted by atomic mass is 32.1. The SMILES string of the molecule is CCCCCCCCCCCCCCC/C=C/CCCCC(=O)OCCS. The molecule has 0 amide bonds. The van der Waals surface area contributed by atoms with Crippen molar-refractivity contribution >= 4 is 18.6 Å². The number of carbonyl (C=O) groups is 1. The zero-order chi connectivity index (χ0) is 19.8. The van der Waals surface area contributed by atoms with Crippen LogP contribution in [0.2, 0.25) is 0 Å². The van der Waals surface area contributed by atoms with Crippen molar-refractivity contribution in [3.63, 3.8) is 0 Å². The minimum absolute atomic E-state index is 0.0833. The number of unbranched alkanes of at least 4 members (excludes halogenated alkanes) is 15. The second-order valence-corrected chi connectivity index (χ2v) is 8.14. The summed E-state index contributed by atoms with van der Waals surface area (Å²) >= 11 is 4.02. The molecule has 0 aliphatic heterocycles. The van der Waals surface area contributed by atoms with Crippen LogP contribution in [0.5, 0.6) is 0 Å². The monoisotopic (exact) mass is 398 g/mol. The third kappa shape index (κ3) is 23.5. The van der Waals surface area contributed by atoms with Crippen LogP contribution in [-0.2, 0) is 9.53 Å². The van der Waals surface area contributed by atoms with E-state index in [1.807, 2.05) is 0 Å². The van der Waals surface area contributed by atoms with E-state index in [9.17, 15) is 4.79 Å². The molecular formula is C24H46O2S. The van der Waals surface area contributed by atoms with E-state index in [0.29, 0.717) is 18.8 Å². The predicted molar refractivity (Wildman–Crippen MR) is 123 cm³/mol. The van der Waals surface area contributed by atoms with Crippen LogP contribution in [0.1, 0.15) is 122 Å². The minimum atomic E-state index is -0.0833. The van der Waals surface area contributed by atoms with Gasteiger partial charge in [-0.05, 0) is 32.1 Å². The second-order valence-electron chi connectivity index (χ2n) is 7.69. The van der Waals surface area contributed by atoms with E-state index in [1.165, 1.54) is 89.9 Å². The van der Waals surface area contributed by atoms with Crippen molar-refractivity contribution in [3.05, 3.63) is 12.2 Å². The molecule has 27 heavy (non-hydrogen) atoms. The summed E-state index contributed by atoms with van der Waals surface area (Å²) in [6.45, 7) is 2.72. The van der Waals surface area contributed by atoms with Crippen LogP contribution in [0.3, 0.4) is 0 Å². The molecule has 0 radical (unpaired) electrons. The van der Waals surface area contributed by atoms with Crippen LogP contribution in [0.4, 0.5) is 0 Å². The molecule has 0 N–H and O–H groups in total. The average molecular weight is 399 g/mol. The van der Waals surface area contributed by atoms with Crippen molar-refractivity contribution < 1.29 is 9.53 Å². The zero-order valence-electron chi connectivity index (χ0n) is 18.1. The normalized spacial score (nSPS) is 11.3. The highest BCUT2D eigenvalue weighted by Crippen LogP contribution is 2.13. The minimum Gasteiger partial charge on any atom is -0.465 e. The number of ether oxygens (including phenoxy) is 1. The molecule has 0 aromatic heterocycles. The standard InChI is InChI=1S/C24H46O2S/c1-2-3-4-5-6-7-8-9-10-11-12-13-14-15-16-17-18-19-20-21-24(25)26-22-23-27/h16-17,27H,2-15,18-23H2,1H3/b17-16+. The van der Waals surface area contributed by atoms with Crippen LogP contribution < -0.4 is 0 Å². The summed E-state index contributed by atoms with van der Waals surface area (Å²) in [5.41, 5.74) is 0.